The summed E-state index contributed by atoms with van der Waals surface area (Å²) in [4.78, 5) is 27.9. The fourth-order valence-electron chi connectivity index (χ4n) is 2.22. The van der Waals surface area contributed by atoms with Crippen molar-refractivity contribution in [2.75, 3.05) is 11.9 Å². The molecule has 0 atom stereocenters. The quantitative estimate of drug-likeness (QED) is 0.548. The molecule has 0 fully saturated rings. The van der Waals surface area contributed by atoms with E-state index in [2.05, 4.69) is 10.3 Å². The van der Waals surface area contributed by atoms with Gasteiger partial charge in [-0.25, -0.2) is 9.78 Å². The second-order valence-electron chi connectivity index (χ2n) is 5.19. The molecule has 26 heavy (non-hydrogen) atoms. The molecular formula is C18H13N3O4S. The van der Waals surface area contributed by atoms with Gasteiger partial charge in [-0.3, -0.25) is 4.79 Å². The number of nitrogens with zero attached hydrogens (tertiary/aromatic N) is 2. The molecule has 0 unspecified atom stereocenters. The predicted octanol–water partition coefficient (Wildman–Crippen LogP) is 3.26. The molecular weight excluding hydrogens is 354 g/mol. The van der Waals surface area contributed by atoms with Crippen LogP contribution in [0, 0.1) is 18.3 Å². The number of aryl methyl sites for hydroxylation is 1. The first-order valence-electron chi connectivity index (χ1n) is 7.55. The molecule has 0 saturated carbocycles. The number of nitriles is 1. The Balaban J connectivity index is 1.60. The summed E-state index contributed by atoms with van der Waals surface area (Å²) in [6.07, 6.45) is 2.72. The number of benzene rings is 1. The summed E-state index contributed by atoms with van der Waals surface area (Å²) in [6.45, 7) is 1.38. The first-order chi connectivity index (χ1) is 12.6. The second kappa shape index (κ2) is 7.63. The minimum Gasteiger partial charge on any atom is -0.452 e. The Bertz CT molecular complexity index is 1040. The van der Waals surface area contributed by atoms with Crippen LogP contribution in [0.25, 0.3) is 17.0 Å². The number of ether oxygens (including phenoxy) is 1. The van der Waals surface area contributed by atoms with Crippen molar-refractivity contribution in [2.24, 2.45) is 0 Å². The van der Waals surface area contributed by atoms with Crippen LogP contribution in [-0.4, -0.2) is 23.5 Å². The molecule has 3 rings (SSSR count). The van der Waals surface area contributed by atoms with Gasteiger partial charge in [-0.1, -0.05) is 12.1 Å². The van der Waals surface area contributed by atoms with E-state index in [9.17, 15) is 9.59 Å². The number of carbonyl (C=O) groups is 2. The van der Waals surface area contributed by atoms with E-state index in [0.29, 0.717) is 16.7 Å². The molecule has 0 aliphatic carbocycles. The van der Waals surface area contributed by atoms with Gasteiger partial charge in [0.15, 0.2) is 6.61 Å². The largest absolute Gasteiger partial charge is 0.452 e. The molecule has 3 aromatic rings. The summed E-state index contributed by atoms with van der Waals surface area (Å²) >= 11 is 1.47. The smallest absolute Gasteiger partial charge is 0.331 e. The summed E-state index contributed by atoms with van der Waals surface area (Å²) in [6, 6.07) is 8.83. The lowest BCUT2D eigenvalue weighted by molar-refractivity contribution is -0.142. The van der Waals surface area contributed by atoms with Gasteiger partial charge in [0.05, 0.1) is 10.7 Å². The number of anilines is 1. The van der Waals surface area contributed by atoms with Crippen LogP contribution in [0.1, 0.15) is 16.5 Å². The molecule has 1 N–H and O–H groups in total. The van der Waals surface area contributed by atoms with Gasteiger partial charge in [0.1, 0.15) is 17.3 Å². The lowest BCUT2D eigenvalue weighted by atomic mass is 10.2. The van der Waals surface area contributed by atoms with Crippen LogP contribution in [0.2, 0.25) is 0 Å². The number of rotatable bonds is 5. The number of para-hydroxylation sites is 1. The van der Waals surface area contributed by atoms with Crippen LogP contribution in [-0.2, 0) is 14.3 Å². The van der Waals surface area contributed by atoms with Crippen molar-refractivity contribution in [3.8, 4) is 6.07 Å². The third kappa shape index (κ3) is 3.96. The second-order valence-corrected chi connectivity index (χ2v) is 6.26. The number of amides is 1. The molecule has 1 aromatic carbocycles. The van der Waals surface area contributed by atoms with Crippen LogP contribution in [0.15, 0.2) is 40.1 Å². The third-order valence-corrected chi connectivity index (χ3v) is 4.13. The minimum absolute atomic E-state index is 0.00956. The maximum atomic E-state index is 12.0. The van der Waals surface area contributed by atoms with E-state index in [1.54, 1.807) is 29.6 Å². The third-order valence-electron chi connectivity index (χ3n) is 3.33. The molecule has 1 amide bonds. The summed E-state index contributed by atoms with van der Waals surface area (Å²) < 4.78 is 10.3. The Morgan fingerprint density at radius 3 is 2.96 bits per heavy atom. The maximum absolute atomic E-state index is 12.0. The maximum Gasteiger partial charge on any atom is 0.331 e. The number of fused-ring (bicyclic) bond motifs is 1. The Hall–Kier alpha value is -3.44. The van der Waals surface area contributed by atoms with E-state index in [1.165, 1.54) is 23.5 Å². The highest BCUT2D eigenvalue weighted by Gasteiger charge is 2.16. The summed E-state index contributed by atoms with van der Waals surface area (Å²) in [5, 5.41) is 15.0. The van der Waals surface area contributed by atoms with E-state index in [0.717, 1.165) is 5.01 Å². The number of hydrogen-bond donors (Lipinski definition) is 1. The van der Waals surface area contributed by atoms with E-state index in [1.807, 2.05) is 13.0 Å². The van der Waals surface area contributed by atoms with Crippen molar-refractivity contribution >= 4 is 45.9 Å². The average molecular weight is 367 g/mol. The van der Waals surface area contributed by atoms with E-state index < -0.39 is 18.5 Å². The number of carbonyl (C=O) groups excluding carboxylic acids is 2. The Morgan fingerprint density at radius 1 is 1.42 bits per heavy atom. The first kappa shape index (κ1) is 17.4. The molecule has 130 valence electrons. The highest BCUT2D eigenvalue weighted by Crippen LogP contribution is 2.30. The van der Waals surface area contributed by atoms with Gasteiger partial charge in [0.2, 0.25) is 5.76 Å². The van der Waals surface area contributed by atoms with Crippen molar-refractivity contribution < 1.29 is 18.7 Å². The fourth-order valence-corrected chi connectivity index (χ4v) is 2.80. The van der Waals surface area contributed by atoms with Gasteiger partial charge in [0, 0.05) is 16.8 Å². The lowest BCUT2D eigenvalue weighted by Crippen LogP contribution is -2.20. The molecule has 0 radical (unpaired) electrons. The highest BCUT2D eigenvalue weighted by atomic mass is 32.1. The number of thiazole rings is 1. The van der Waals surface area contributed by atoms with Gasteiger partial charge >= 0.3 is 5.97 Å². The zero-order valence-corrected chi connectivity index (χ0v) is 14.5. The van der Waals surface area contributed by atoms with Crippen molar-refractivity contribution in [2.45, 2.75) is 6.92 Å². The number of hydrogen-bond acceptors (Lipinski definition) is 7. The van der Waals surface area contributed by atoms with Crippen molar-refractivity contribution in [3.63, 3.8) is 0 Å². The summed E-state index contributed by atoms with van der Waals surface area (Å²) in [7, 11) is 0. The highest BCUT2D eigenvalue weighted by molar-refractivity contribution is 7.09. The lowest BCUT2D eigenvalue weighted by Gasteiger charge is -2.04. The molecule has 7 nitrogen and oxygen atoms in total. The van der Waals surface area contributed by atoms with Crippen LogP contribution in [0.3, 0.4) is 0 Å². The topological polar surface area (TPSA) is 105 Å². The molecule has 0 saturated heterocycles. The molecule has 0 spiro atoms. The van der Waals surface area contributed by atoms with E-state index in [4.69, 9.17) is 14.4 Å². The van der Waals surface area contributed by atoms with Crippen LogP contribution < -0.4 is 5.32 Å². The molecule has 0 aliphatic heterocycles. The molecule has 0 aliphatic rings. The minimum atomic E-state index is -0.664. The van der Waals surface area contributed by atoms with Gasteiger partial charge in [-0.05, 0) is 25.1 Å². The normalized spacial score (nSPS) is 10.8. The number of esters is 1. The zero-order valence-electron chi connectivity index (χ0n) is 13.7. The van der Waals surface area contributed by atoms with Gasteiger partial charge in [-0.2, -0.15) is 5.26 Å². The van der Waals surface area contributed by atoms with E-state index in [-0.39, 0.29) is 11.4 Å². The van der Waals surface area contributed by atoms with E-state index >= 15 is 0 Å². The summed E-state index contributed by atoms with van der Waals surface area (Å²) in [5.41, 5.74) is 1.40. The van der Waals surface area contributed by atoms with Gasteiger partial charge in [0.25, 0.3) is 5.91 Å². The summed E-state index contributed by atoms with van der Waals surface area (Å²) in [5.74, 6) is -1.24. The van der Waals surface area contributed by atoms with Crippen molar-refractivity contribution in [3.05, 3.63) is 52.2 Å². The number of nitrogens with one attached hydrogen (secondary N) is 1. The molecule has 2 heterocycles. The molecule has 2 aromatic heterocycles. The predicted molar refractivity (Wildman–Crippen MR) is 96.4 cm³/mol. The SMILES string of the molecule is Cc1nc(/C=C/C(=O)OCC(=O)Nc2c(C#N)oc3ccccc23)cs1. The molecule has 0 bridgehead atoms. The Kier molecular flexibility index (Phi) is 5.10. The average Bonchev–Trinajstić information content (AvgIpc) is 3.21. The van der Waals surface area contributed by atoms with Gasteiger partial charge in [-0.15, -0.1) is 11.3 Å². The van der Waals surface area contributed by atoms with Crippen molar-refractivity contribution in [1.29, 1.82) is 5.26 Å². The Labute approximate surface area is 152 Å². The van der Waals surface area contributed by atoms with Crippen LogP contribution in [0.5, 0.6) is 0 Å². The van der Waals surface area contributed by atoms with Crippen LogP contribution in [0.4, 0.5) is 5.69 Å². The van der Waals surface area contributed by atoms with Gasteiger partial charge < -0.3 is 14.5 Å². The number of furan rings is 1. The standard InChI is InChI=1S/C18H13N3O4S/c1-11-20-12(10-26-11)6-7-17(23)24-9-16(22)21-18-13-4-2-3-5-14(13)25-15(18)8-19/h2-7,10H,9H2,1H3,(H,21,22)/b7-6+. The first-order valence-corrected chi connectivity index (χ1v) is 8.43. The Morgan fingerprint density at radius 2 is 2.23 bits per heavy atom. The van der Waals surface area contributed by atoms with Crippen molar-refractivity contribution in [1.82, 2.24) is 4.98 Å². The molecule has 8 heteroatoms. The fraction of sp³-hybridized carbons (Fsp3) is 0.111. The monoisotopic (exact) mass is 367 g/mol. The van der Waals surface area contributed by atoms with Crippen LogP contribution >= 0.6 is 11.3 Å². The number of aromatic nitrogens is 1. The zero-order chi connectivity index (χ0) is 18.5.